The molecular formula is C12H16ClN3O2. The average molecular weight is 270 g/mol. The van der Waals surface area contributed by atoms with Crippen LogP contribution >= 0.6 is 11.6 Å². The molecule has 4 N–H and O–H groups in total. The van der Waals surface area contributed by atoms with Crippen LogP contribution < -0.4 is 11.1 Å². The second kappa shape index (κ2) is 5.54. The number of aromatic nitrogens is 1. The Morgan fingerprint density at radius 2 is 2.22 bits per heavy atom. The summed E-state index contributed by atoms with van der Waals surface area (Å²) in [4.78, 5) is 15.1. The number of nitrogens with zero attached hydrogens (tertiary/aromatic N) is 1. The van der Waals surface area contributed by atoms with Crippen LogP contribution in [0.15, 0.2) is 12.3 Å². The van der Waals surface area contributed by atoms with Gasteiger partial charge in [0, 0.05) is 18.3 Å². The smallest absolute Gasteiger partial charge is 0.337 e. The van der Waals surface area contributed by atoms with E-state index in [0.29, 0.717) is 5.82 Å². The molecule has 0 radical (unpaired) electrons. The van der Waals surface area contributed by atoms with E-state index in [1.807, 2.05) is 0 Å². The number of anilines is 1. The molecule has 98 valence electrons. The normalized spacial score (nSPS) is 23.7. The summed E-state index contributed by atoms with van der Waals surface area (Å²) in [5.41, 5.74) is 6.08. The molecule has 1 aliphatic carbocycles. The van der Waals surface area contributed by atoms with E-state index in [2.05, 4.69) is 10.3 Å². The van der Waals surface area contributed by atoms with Crippen molar-refractivity contribution in [3.8, 4) is 0 Å². The van der Waals surface area contributed by atoms with Gasteiger partial charge >= 0.3 is 5.97 Å². The molecule has 1 aliphatic rings. The quantitative estimate of drug-likeness (QED) is 0.782. The maximum atomic E-state index is 11.0. The highest BCUT2D eigenvalue weighted by molar-refractivity contribution is 6.33. The molecule has 0 aliphatic heterocycles. The Labute approximate surface area is 110 Å². The van der Waals surface area contributed by atoms with E-state index in [-0.39, 0.29) is 22.7 Å². The van der Waals surface area contributed by atoms with Crippen molar-refractivity contribution in [2.75, 3.05) is 5.32 Å². The van der Waals surface area contributed by atoms with Crippen molar-refractivity contribution in [2.24, 2.45) is 5.73 Å². The van der Waals surface area contributed by atoms with E-state index in [1.165, 1.54) is 12.3 Å². The molecule has 0 amide bonds. The number of pyridine rings is 1. The highest BCUT2D eigenvalue weighted by Gasteiger charge is 2.22. The number of nitrogens with two attached hydrogens (primary N) is 1. The van der Waals surface area contributed by atoms with Crippen molar-refractivity contribution in [2.45, 2.75) is 37.8 Å². The number of aromatic carboxylic acids is 1. The van der Waals surface area contributed by atoms with Crippen LogP contribution in [0.2, 0.25) is 5.02 Å². The van der Waals surface area contributed by atoms with E-state index >= 15 is 0 Å². The monoisotopic (exact) mass is 269 g/mol. The van der Waals surface area contributed by atoms with E-state index in [4.69, 9.17) is 22.4 Å². The minimum atomic E-state index is -1.06. The standard InChI is InChI=1S/C12H16ClN3O2/c13-8-6-15-11(5-7(8)12(17)18)16-10-4-2-1-3-9(10)14/h5-6,9-10H,1-4,14H2,(H,15,16)(H,17,18). The number of carboxylic acid groups (broad SMARTS) is 1. The number of hydrogen-bond acceptors (Lipinski definition) is 4. The van der Waals surface area contributed by atoms with Crippen LogP contribution in [0.25, 0.3) is 0 Å². The molecule has 6 heteroatoms. The number of carbonyl (C=O) groups is 1. The Hall–Kier alpha value is -1.33. The molecule has 0 spiro atoms. The van der Waals surface area contributed by atoms with Crippen LogP contribution in [0.3, 0.4) is 0 Å². The Morgan fingerprint density at radius 3 is 2.89 bits per heavy atom. The molecule has 1 fully saturated rings. The Morgan fingerprint density at radius 1 is 1.50 bits per heavy atom. The van der Waals surface area contributed by atoms with Crippen molar-refractivity contribution < 1.29 is 9.90 Å². The molecule has 5 nitrogen and oxygen atoms in total. The molecule has 2 rings (SSSR count). The van der Waals surface area contributed by atoms with Gasteiger partial charge in [0.2, 0.25) is 0 Å². The second-order valence-corrected chi connectivity index (χ2v) is 4.96. The first-order valence-electron chi connectivity index (χ1n) is 5.99. The lowest BCUT2D eigenvalue weighted by Gasteiger charge is -2.29. The summed E-state index contributed by atoms with van der Waals surface area (Å²) in [6, 6.07) is 1.69. The van der Waals surface area contributed by atoms with Gasteiger partial charge in [0.1, 0.15) is 5.82 Å². The molecule has 0 saturated heterocycles. The van der Waals surface area contributed by atoms with Gasteiger partial charge in [-0.3, -0.25) is 0 Å². The summed E-state index contributed by atoms with van der Waals surface area (Å²) in [6.07, 6.45) is 5.59. The first-order valence-corrected chi connectivity index (χ1v) is 6.36. The van der Waals surface area contributed by atoms with Gasteiger partial charge in [0.05, 0.1) is 10.6 Å². The van der Waals surface area contributed by atoms with E-state index in [9.17, 15) is 4.79 Å². The van der Waals surface area contributed by atoms with Crippen molar-refractivity contribution >= 4 is 23.4 Å². The molecule has 0 aromatic carbocycles. The summed E-state index contributed by atoms with van der Waals surface area (Å²) < 4.78 is 0. The van der Waals surface area contributed by atoms with Crippen molar-refractivity contribution in [3.05, 3.63) is 22.8 Å². The molecule has 2 atom stereocenters. The predicted molar refractivity (Wildman–Crippen MR) is 70.1 cm³/mol. The first-order chi connectivity index (χ1) is 8.58. The van der Waals surface area contributed by atoms with Crippen LogP contribution in [0.4, 0.5) is 5.82 Å². The fourth-order valence-electron chi connectivity index (χ4n) is 2.21. The van der Waals surface area contributed by atoms with Crippen molar-refractivity contribution in [1.82, 2.24) is 4.98 Å². The zero-order chi connectivity index (χ0) is 13.1. The lowest BCUT2D eigenvalue weighted by Crippen LogP contribution is -2.42. The highest BCUT2D eigenvalue weighted by atomic mass is 35.5. The predicted octanol–water partition coefficient (Wildman–Crippen LogP) is 2.11. The third-order valence-electron chi connectivity index (χ3n) is 3.24. The van der Waals surface area contributed by atoms with Gasteiger partial charge in [-0.1, -0.05) is 24.4 Å². The minimum Gasteiger partial charge on any atom is -0.478 e. The summed E-state index contributed by atoms with van der Waals surface area (Å²) >= 11 is 5.77. The zero-order valence-electron chi connectivity index (χ0n) is 9.90. The fourth-order valence-corrected chi connectivity index (χ4v) is 2.39. The lowest BCUT2D eigenvalue weighted by atomic mass is 9.91. The SMILES string of the molecule is NC1CCCCC1Nc1cc(C(=O)O)c(Cl)cn1. The van der Waals surface area contributed by atoms with Gasteiger partial charge in [-0.05, 0) is 18.9 Å². The Kier molecular flexibility index (Phi) is 4.04. The highest BCUT2D eigenvalue weighted by Crippen LogP contribution is 2.22. The van der Waals surface area contributed by atoms with Gasteiger partial charge in [-0.25, -0.2) is 9.78 Å². The molecular weight excluding hydrogens is 254 g/mol. The first kappa shape index (κ1) is 13.1. The number of rotatable bonds is 3. The average Bonchev–Trinajstić information content (AvgIpc) is 2.34. The van der Waals surface area contributed by atoms with Gasteiger partial charge in [-0.15, -0.1) is 0 Å². The van der Waals surface area contributed by atoms with Gasteiger partial charge in [-0.2, -0.15) is 0 Å². The third kappa shape index (κ3) is 2.91. The van der Waals surface area contributed by atoms with Crippen molar-refractivity contribution in [3.63, 3.8) is 0 Å². The maximum Gasteiger partial charge on any atom is 0.337 e. The summed E-state index contributed by atoms with van der Waals surface area (Å²) in [7, 11) is 0. The Bertz CT molecular complexity index is 453. The summed E-state index contributed by atoms with van der Waals surface area (Å²) in [6.45, 7) is 0. The van der Waals surface area contributed by atoms with Crippen LogP contribution in [0.1, 0.15) is 36.0 Å². The van der Waals surface area contributed by atoms with Crippen LogP contribution in [0.5, 0.6) is 0 Å². The van der Waals surface area contributed by atoms with Gasteiger partial charge in [0.25, 0.3) is 0 Å². The third-order valence-corrected chi connectivity index (χ3v) is 3.54. The minimum absolute atomic E-state index is 0.0542. The summed E-state index contributed by atoms with van der Waals surface area (Å²) in [5, 5.41) is 12.3. The van der Waals surface area contributed by atoms with Crippen molar-refractivity contribution in [1.29, 1.82) is 0 Å². The van der Waals surface area contributed by atoms with E-state index in [0.717, 1.165) is 25.7 Å². The van der Waals surface area contributed by atoms with Gasteiger partial charge in [0.15, 0.2) is 0 Å². The molecule has 1 aromatic heterocycles. The lowest BCUT2D eigenvalue weighted by molar-refractivity contribution is 0.0697. The fraction of sp³-hybridized carbons (Fsp3) is 0.500. The maximum absolute atomic E-state index is 11.0. The molecule has 18 heavy (non-hydrogen) atoms. The van der Waals surface area contributed by atoms with Crippen LogP contribution in [0, 0.1) is 0 Å². The van der Waals surface area contributed by atoms with Crippen LogP contribution in [-0.4, -0.2) is 28.1 Å². The number of nitrogens with one attached hydrogen (secondary N) is 1. The molecule has 2 unspecified atom stereocenters. The van der Waals surface area contributed by atoms with E-state index < -0.39 is 5.97 Å². The number of halogens is 1. The largest absolute Gasteiger partial charge is 0.478 e. The summed E-state index contributed by atoms with van der Waals surface area (Å²) in [5.74, 6) is -0.544. The molecule has 0 bridgehead atoms. The second-order valence-electron chi connectivity index (χ2n) is 4.55. The number of carboxylic acids is 1. The van der Waals surface area contributed by atoms with Gasteiger partial charge < -0.3 is 16.2 Å². The Balaban J connectivity index is 2.14. The van der Waals surface area contributed by atoms with Crippen LogP contribution in [-0.2, 0) is 0 Å². The molecule has 1 aromatic rings. The molecule has 1 heterocycles. The zero-order valence-corrected chi connectivity index (χ0v) is 10.7. The number of hydrogen-bond donors (Lipinski definition) is 3. The van der Waals surface area contributed by atoms with E-state index in [1.54, 1.807) is 0 Å². The molecule has 1 saturated carbocycles. The topological polar surface area (TPSA) is 88.2 Å².